The third-order valence-corrected chi connectivity index (χ3v) is 0.577. The molecule has 2 nitrogen and oxygen atoms in total. The molecule has 0 radical (unpaired) electrons. The van der Waals surface area contributed by atoms with E-state index in [1.807, 2.05) is 26.2 Å². The lowest BCUT2D eigenvalue weighted by Gasteiger charge is -1.90. The van der Waals surface area contributed by atoms with Crippen molar-refractivity contribution in [2.45, 2.75) is 0 Å². The normalized spacial score (nSPS) is 6.73. The van der Waals surface area contributed by atoms with E-state index in [0.717, 1.165) is 13.1 Å². The minimum atomic E-state index is 0. The van der Waals surface area contributed by atoms with Crippen LogP contribution in [-0.4, -0.2) is 27.2 Å². The van der Waals surface area contributed by atoms with E-state index in [1.54, 1.807) is 0 Å². The first-order valence-electron chi connectivity index (χ1n) is 3.34. The predicted molar refractivity (Wildman–Crippen MR) is 55.5 cm³/mol. The van der Waals surface area contributed by atoms with E-state index in [2.05, 4.69) is 23.8 Å². The smallest absolute Gasteiger partial charge is 0.0135 e. The van der Waals surface area contributed by atoms with Crippen LogP contribution in [0.15, 0.2) is 25.3 Å². The Bertz CT molecular complexity index is 66.5. The van der Waals surface area contributed by atoms with Gasteiger partial charge in [0.05, 0.1) is 0 Å². The Labute approximate surface area is 76.2 Å². The van der Waals surface area contributed by atoms with Crippen LogP contribution >= 0.6 is 12.4 Å². The van der Waals surface area contributed by atoms with Gasteiger partial charge in [-0.1, -0.05) is 12.2 Å². The first kappa shape index (κ1) is 17.0. The van der Waals surface area contributed by atoms with Gasteiger partial charge in [-0.25, -0.2) is 0 Å². The van der Waals surface area contributed by atoms with E-state index < -0.39 is 0 Å². The van der Waals surface area contributed by atoms with Crippen LogP contribution in [0.3, 0.4) is 0 Å². The zero-order valence-corrected chi connectivity index (χ0v) is 8.21. The highest BCUT2D eigenvalue weighted by molar-refractivity contribution is 5.85. The summed E-state index contributed by atoms with van der Waals surface area (Å²) in [4.78, 5) is 0. The predicted octanol–water partition coefficient (Wildman–Crippen LogP) is 1.21. The Morgan fingerprint density at radius 1 is 1.09 bits per heavy atom. The molecule has 0 aliphatic rings. The molecule has 0 aliphatic carbocycles. The van der Waals surface area contributed by atoms with Gasteiger partial charge in [0, 0.05) is 13.1 Å². The molecule has 0 saturated heterocycles. The second kappa shape index (κ2) is 22.6. The molecule has 0 amide bonds. The fraction of sp³-hybridized carbons (Fsp3) is 0.500. The molecule has 0 rings (SSSR count). The van der Waals surface area contributed by atoms with Crippen molar-refractivity contribution in [3.63, 3.8) is 0 Å². The van der Waals surface area contributed by atoms with E-state index in [0.29, 0.717) is 0 Å². The van der Waals surface area contributed by atoms with E-state index in [1.165, 1.54) is 0 Å². The highest BCUT2D eigenvalue weighted by Crippen LogP contribution is 1.59. The van der Waals surface area contributed by atoms with E-state index >= 15 is 0 Å². The number of rotatable bonds is 4. The average molecular weight is 179 g/mol. The summed E-state index contributed by atoms with van der Waals surface area (Å²) in [5.74, 6) is 0. The topological polar surface area (TPSA) is 24.1 Å². The van der Waals surface area contributed by atoms with Crippen LogP contribution in [0.4, 0.5) is 0 Å². The molecule has 0 spiro atoms. The van der Waals surface area contributed by atoms with Crippen molar-refractivity contribution in [3.05, 3.63) is 25.3 Å². The molecule has 0 aromatic heterocycles. The van der Waals surface area contributed by atoms with Crippen molar-refractivity contribution in [1.29, 1.82) is 0 Å². The summed E-state index contributed by atoms with van der Waals surface area (Å²) < 4.78 is 0. The molecule has 0 aromatic carbocycles. The maximum Gasteiger partial charge on any atom is 0.0135 e. The van der Waals surface area contributed by atoms with Crippen LogP contribution < -0.4 is 10.6 Å². The lowest BCUT2D eigenvalue weighted by Crippen LogP contribution is -2.11. The number of nitrogens with one attached hydrogen (secondary N) is 2. The Hall–Kier alpha value is -0.310. The van der Waals surface area contributed by atoms with Gasteiger partial charge in [-0.15, -0.1) is 25.6 Å². The Morgan fingerprint density at radius 3 is 1.55 bits per heavy atom. The van der Waals surface area contributed by atoms with Crippen LogP contribution in [0.1, 0.15) is 0 Å². The fourth-order valence-corrected chi connectivity index (χ4v) is 0.287. The molecule has 0 aliphatic heterocycles. The highest BCUT2D eigenvalue weighted by atomic mass is 35.5. The Balaban J connectivity index is -0.000000140. The van der Waals surface area contributed by atoms with Gasteiger partial charge in [-0.05, 0) is 14.1 Å². The second-order valence-electron chi connectivity index (χ2n) is 1.74. The summed E-state index contributed by atoms with van der Waals surface area (Å²) in [5.41, 5.74) is 0. The quantitative estimate of drug-likeness (QED) is 0.500. The first-order valence-corrected chi connectivity index (χ1v) is 3.34. The van der Waals surface area contributed by atoms with Gasteiger partial charge in [0.15, 0.2) is 0 Å². The summed E-state index contributed by atoms with van der Waals surface area (Å²) in [5, 5.41) is 5.80. The van der Waals surface area contributed by atoms with Crippen LogP contribution in [0.5, 0.6) is 0 Å². The van der Waals surface area contributed by atoms with Gasteiger partial charge in [0.25, 0.3) is 0 Å². The van der Waals surface area contributed by atoms with Gasteiger partial charge < -0.3 is 10.6 Å². The van der Waals surface area contributed by atoms with Gasteiger partial charge in [-0.2, -0.15) is 0 Å². The highest BCUT2D eigenvalue weighted by Gasteiger charge is 1.69. The summed E-state index contributed by atoms with van der Waals surface area (Å²) in [7, 11) is 3.75. The van der Waals surface area contributed by atoms with Crippen molar-refractivity contribution in [1.82, 2.24) is 10.6 Å². The number of hydrogen-bond donors (Lipinski definition) is 2. The summed E-state index contributed by atoms with van der Waals surface area (Å²) >= 11 is 0. The molecule has 3 heteroatoms. The SMILES string of the molecule is C=CCNCC=C.CNC.Cl. The molecule has 11 heavy (non-hydrogen) atoms. The van der Waals surface area contributed by atoms with Crippen molar-refractivity contribution >= 4 is 12.4 Å². The molecule has 0 unspecified atom stereocenters. The zero-order valence-electron chi connectivity index (χ0n) is 7.39. The van der Waals surface area contributed by atoms with Crippen molar-refractivity contribution in [2.24, 2.45) is 0 Å². The lowest BCUT2D eigenvalue weighted by molar-refractivity contribution is 0.845. The molecular weight excluding hydrogens is 160 g/mol. The van der Waals surface area contributed by atoms with E-state index in [4.69, 9.17) is 0 Å². The minimum Gasteiger partial charge on any atom is -0.323 e. The standard InChI is InChI=1S/C6H11N.C2H7N.ClH/c1-3-5-7-6-4-2;1-3-2;/h3-4,7H,1-2,5-6H2;3H,1-2H3;1H. The van der Waals surface area contributed by atoms with Crippen LogP contribution in [0.25, 0.3) is 0 Å². The molecule has 0 saturated carbocycles. The van der Waals surface area contributed by atoms with Gasteiger partial charge in [0.1, 0.15) is 0 Å². The number of hydrogen-bond acceptors (Lipinski definition) is 2. The van der Waals surface area contributed by atoms with Crippen molar-refractivity contribution in [3.8, 4) is 0 Å². The molecule has 0 atom stereocenters. The average Bonchev–Trinajstić information content (AvgIpc) is 1.91. The molecule has 0 bridgehead atoms. The molecule has 2 N–H and O–H groups in total. The van der Waals surface area contributed by atoms with Gasteiger partial charge in [-0.3, -0.25) is 0 Å². The van der Waals surface area contributed by atoms with Crippen molar-refractivity contribution < 1.29 is 0 Å². The zero-order chi connectivity index (χ0) is 8.24. The molecule has 0 fully saturated rings. The molecule has 0 heterocycles. The monoisotopic (exact) mass is 178 g/mol. The summed E-state index contributed by atoms with van der Waals surface area (Å²) in [6.45, 7) is 8.81. The van der Waals surface area contributed by atoms with E-state index in [-0.39, 0.29) is 12.4 Å². The third-order valence-electron chi connectivity index (χ3n) is 0.577. The van der Waals surface area contributed by atoms with Crippen LogP contribution in [0.2, 0.25) is 0 Å². The summed E-state index contributed by atoms with van der Waals surface area (Å²) in [6, 6.07) is 0. The largest absolute Gasteiger partial charge is 0.323 e. The molecule has 0 aromatic rings. The fourth-order valence-electron chi connectivity index (χ4n) is 0.287. The maximum atomic E-state index is 3.54. The third kappa shape index (κ3) is 42.1. The lowest BCUT2D eigenvalue weighted by atomic mass is 10.5. The van der Waals surface area contributed by atoms with Crippen molar-refractivity contribution in [2.75, 3.05) is 27.2 Å². The molecule has 68 valence electrons. The van der Waals surface area contributed by atoms with Crippen LogP contribution in [0, 0.1) is 0 Å². The molecular formula is C8H19ClN2. The van der Waals surface area contributed by atoms with Gasteiger partial charge >= 0.3 is 0 Å². The minimum absolute atomic E-state index is 0. The van der Waals surface area contributed by atoms with Gasteiger partial charge in [0.2, 0.25) is 0 Å². The summed E-state index contributed by atoms with van der Waals surface area (Å²) in [6.07, 6.45) is 3.65. The Kier molecular flexibility index (Phi) is 34.9. The second-order valence-corrected chi connectivity index (χ2v) is 1.74. The Morgan fingerprint density at radius 2 is 1.36 bits per heavy atom. The maximum absolute atomic E-state index is 3.54. The van der Waals surface area contributed by atoms with Crippen LogP contribution in [-0.2, 0) is 0 Å². The first-order chi connectivity index (χ1) is 4.83. The van der Waals surface area contributed by atoms with E-state index in [9.17, 15) is 0 Å². The number of halogens is 1.